The molecular formula is C18H10Cl2N6. The van der Waals surface area contributed by atoms with Crippen molar-refractivity contribution in [3.8, 4) is 28.6 Å². The molecule has 2 heterocycles. The van der Waals surface area contributed by atoms with Crippen molar-refractivity contribution in [1.82, 2.24) is 20.2 Å². The Morgan fingerprint density at radius 3 is 2.62 bits per heavy atom. The number of rotatable bonds is 2. The zero-order valence-electron chi connectivity index (χ0n) is 13.2. The molecule has 26 heavy (non-hydrogen) atoms. The van der Waals surface area contributed by atoms with Gasteiger partial charge in [0.05, 0.1) is 27.5 Å². The molecule has 8 heteroatoms. The van der Waals surface area contributed by atoms with E-state index in [1.807, 2.05) is 30.3 Å². The molecule has 0 aliphatic rings. The van der Waals surface area contributed by atoms with Crippen LogP contribution in [0, 0.1) is 11.3 Å². The highest BCUT2D eigenvalue weighted by Gasteiger charge is 2.18. The van der Waals surface area contributed by atoms with Gasteiger partial charge in [-0.15, -0.1) is 0 Å². The Morgan fingerprint density at radius 1 is 1.04 bits per heavy atom. The summed E-state index contributed by atoms with van der Waals surface area (Å²) in [5.41, 5.74) is 8.94. The van der Waals surface area contributed by atoms with Crippen molar-refractivity contribution in [2.45, 2.75) is 0 Å². The standard InChI is InChI=1S/C18H10Cl2N6/c19-12-4-2-1-3-11(12)17-16(24-14(7-21)18(22)25-17)9-5-10-8-23-26-15(10)13(20)6-9/h1-6,8H,(H2,22,25)(H,23,26). The molecule has 0 saturated carbocycles. The summed E-state index contributed by atoms with van der Waals surface area (Å²) < 4.78 is 0. The summed E-state index contributed by atoms with van der Waals surface area (Å²) in [6, 6.07) is 12.8. The maximum absolute atomic E-state index is 9.30. The van der Waals surface area contributed by atoms with Crippen LogP contribution >= 0.6 is 23.2 Å². The van der Waals surface area contributed by atoms with Gasteiger partial charge in [0, 0.05) is 16.5 Å². The third kappa shape index (κ3) is 2.64. The van der Waals surface area contributed by atoms with E-state index in [0.717, 1.165) is 10.9 Å². The van der Waals surface area contributed by atoms with Gasteiger partial charge in [-0.05, 0) is 18.2 Å². The maximum Gasteiger partial charge on any atom is 0.183 e. The van der Waals surface area contributed by atoms with Crippen molar-refractivity contribution in [2.75, 3.05) is 5.73 Å². The zero-order valence-corrected chi connectivity index (χ0v) is 14.7. The number of nitriles is 1. The number of nitrogens with two attached hydrogens (primary N) is 1. The van der Waals surface area contributed by atoms with E-state index < -0.39 is 0 Å². The Bertz CT molecular complexity index is 1190. The number of aromatic amines is 1. The van der Waals surface area contributed by atoms with Crippen molar-refractivity contribution in [1.29, 1.82) is 5.26 Å². The Kier molecular flexibility index (Phi) is 3.96. The fourth-order valence-corrected chi connectivity index (χ4v) is 3.22. The molecule has 0 radical (unpaired) electrons. The number of nitrogens with one attached hydrogen (secondary N) is 1. The molecule has 4 aromatic rings. The molecule has 3 N–H and O–H groups in total. The lowest BCUT2D eigenvalue weighted by molar-refractivity contribution is 1.12. The summed E-state index contributed by atoms with van der Waals surface area (Å²) in [6.45, 7) is 0. The molecule has 126 valence electrons. The van der Waals surface area contributed by atoms with Gasteiger partial charge >= 0.3 is 0 Å². The Hall–Kier alpha value is -3.14. The summed E-state index contributed by atoms with van der Waals surface area (Å²) in [6.07, 6.45) is 1.66. The first-order valence-corrected chi connectivity index (χ1v) is 8.29. The van der Waals surface area contributed by atoms with Crippen LogP contribution in [0.1, 0.15) is 5.69 Å². The Balaban J connectivity index is 2.05. The first kappa shape index (κ1) is 16.3. The number of benzene rings is 2. The maximum atomic E-state index is 9.30. The lowest BCUT2D eigenvalue weighted by atomic mass is 10.0. The van der Waals surface area contributed by atoms with Gasteiger partial charge in [0.2, 0.25) is 0 Å². The second-order valence-corrected chi connectivity index (χ2v) is 6.35. The lowest BCUT2D eigenvalue weighted by Gasteiger charge is -2.12. The van der Waals surface area contributed by atoms with Crippen molar-refractivity contribution in [3.63, 3.8) is 0 Å². The SMILES string of the molecule is N#Cc1nc(-c2cc(Cl)c3[nH]ncc3c2)c(-c2ccccc2Cl)nc1N. The highest BCUT2D eigenvalue weighted by molar-refractivity contribution is 6.35. The summed E-state index contributed by atoms with van der Waals surface area (Å²) in [4.78, 5) is 8.80. The molecule has 0 spiro atoms. The van der Waals surface area contributed by atoms with Crippen LogP contribution in [0.25, 0.3) is 33.4 Å². The van der Waals surface area contributed by atoms with Crippen LogP contribution in [-0.2, 0) is 0 Å². The smallest absolute Gasteiger partial charge is 0.183 e. The summed E-state index contributed by atoms with van der Waals surface area (Å²) in [7, 11) is 0. The number of nitrogen functional groups attached to an aromatic ring is 1. The number of nitrogens with zero attached hydrogens (tertiary/aromatic N) is 4. The molecule has 0 aliphatic heterocycles. The van der Waals surface area contributed by atoms with E-state index in [0.29, 0.717) is 32.6 Å². The predicted molar refractivity (Wildman–Crippen MR) is 102 cm³/mol. The predicted octanol–water partition coefficient (Wildman–Crippen LogP) is 4.45. The van der Waals surface area contributed by atoms with Gasteiger partial charge in [-0.1, -0.05) is 41.4 Å². The number of halogens is 2. The van der Waals surface area contributed by atoms with Crippen LogP contribution in [0.4, 0.5) is 5.82 Å². The molecule has 0 saturated heterocycles. The molecule has 0 atom stereocenters. The topological polar surface area (TPSA) is 104 Å². The van der Waals surface area contributed by atoms with Crippen molar-refractivity contribution >= 4 is 39.9 Å². The fraction of sp³-hybridized carbons (Fsp3) is 0. The Labute approximate surface area is 158 Å². The van der Waals surface area contributed by atoms with Crippen LogP contribution in [0.15, 0.2) is 42.6 Å². The summed E-state index contributed by atoms with van der Waals surface area (Å²) >= 11 is 12.7. The number of hydrogen-bond acceptors (Lipinski definition) is 5. The van der Waals surface area contributed by atoms with Gasteiger partial charge < -0.3 is 5.73 Å². The number of fused-ring (bicyclic) bond motifs is 1. The molecular weight excluding hydrogens is 371 g/mol. The average Bonchev–Trinajstić information content (AvgIpc) is 3.11. The van der Waals surface area contributed by atoms with Crippen LogP contribution in [0.3, 0.4) is 0 Å². The van der Waals surface area contributed by atoms with Gasteiger partial charge in [-0.2, -0.15) is 10.4 Å². The normalized spacial score (nSPS) is 10.8. The lowest BCUT2D eigenvalue weighted by Crippen LogP contribution is -2.03. The van der Waals surface area contributed by atoms with E-state index in [4.69, 9.17) is 28.9 Å². The minimum Gasteiger partial charge on any atom is -0.381 e. The van der Waals surface area contributed by atoms with Crippen molar-refractivity contribution in [2.24, 2.45) is 0 Å². The number of H-pyrrole nitrogens is 1. The number of aromatic nitrogens is 4. The van der Waals surface area contributed by atoms with Gasteiger partial charge in [0.15, 0.2) is 11.5 Å². The van der Waals surface area contributed by atoms with E-state index in [1.165, 1.54) is 0 Å². The van der Waals surface area contributed by atoms with Crippen LogP contribution < -0.4 is 5.73 Å². The second-order valence-electron chi connectivity index (χ2n) is 5.54. The quantitative estimate of drug-likeness (QED) is 0.534. The van der Waals surface area contributed by atoms with Crippen molar-refractivity contribution < 1.29 is 0 Å². The second kappa shape index (κ2) is 6.30. The van der Waals surface area contributed by atoms with Crippen LogP contribution in [0.2, 0.25) is 10.0 Å². The van der Waals surface area contributed by atoms with Gasteiger partial charge in [-0.25, -0.2) is 9.97 Å². The molecule has 0 aliphatic carbocycles. The first-order chi connectivity index (χ1) is 12.6. The van der Waals surface area contributed by atoms with Crippen LogP contribution in [-0.4, -0.2) is 20.2 Å². The highest BCUT2D eigenvalue weighted by Crippen LogP contribution is 2.37. The summed E-state index contributed by atoms with van der Waals surface area (Å²) in [5.74, 6) is 0.0432. The molecule has 2 aromatic carbocycles. The highest BCUT2D eigenvalue weighted by atomic mass is 35.5. The van der Waals surface area contributed by atoms with Gasteiger partial charge in [0.1, 0.15) is 11.8 Å². The number of anilines is 1. The average molecular weight is 381 g/mol. The van der Waals surface area contributed by atoms with E-state index in [9.17, 15) is 5.26 Å². The zero-order chi connectivity index (χ0) is 18.3. The fourth-order valence-electron chi connectivity index (χ4n) is 2.72. The van der Waals surface area contributed by atoms with Gasteiger partial charge in [-0.3, -0.25) is 5.10 Å². The number of hydrogen-bond donors (Lipinski definition) is 2. The largest absolute Gasteiger partial charge is 0.381 e. The molecule has 0 fully saturated rings. The third-order valence-electron chi connectivity index (χ3n) is 3.93. The first-order valence-electron chi connectivity index (χ1n) is 7.54. The molecule has 6 nitrogen and oxygen atoms in total. The molecule has 4 rings (SSSR count). The molecule has 0 amide bonds. The van der Waals surface area contributed by atoms with E-state index in [2.05, 4.69) is 20.2 Å². The molecule has 0 unspecified atom stereocenters. The molecule has 0 bridgehead atoms. The summed E-state index contributed by atoms with van der Waals surface area (Å²) in [5, 5.41) is 17.9. The molecule has 2 aromatic heterocycles. The van der Waals surface area contributed by atoms with E-state index in [-0.39, 0.29) is 11.5 Å². The van der Waals surface area contributed by atoms with E-state index >= 15 is 0 Å². The van der Waals surface area contributed by atoms with Crippen LogP contribution in [0.5, 0.6) is 0 Å². The minimum atomic E-state index is 0.0409. The van der Waals surface area contributed by atoms with Gasteiger partial charge in [0.25, 0.3) is 0 Å². The van der Waals surface area contributed by atoms with Crippen molar-refractivity contribution in [3.05, 3.63) is 58.3 Å². The Morgan fingerprint density at radius 2 is 1.85 bits per heavy atom. The monoisotopic (exact) mass is 380 g/mol. The third-order valence-corrected chi connectivity index (χ3v) is 4.56. The minimum absolute atomic E-state index is 0.0409. The van der Waals surface area contributed by atoms with E-state index in [1.54, 1.807) is 18.3 Å².